The monoisotopic (exact) mass is 1550 g/mol. The second-order valence-corrected chi connectivity index (χ2v) is 44.5. The summed E-state index contributed by atoms with van der Waals surface area (Å²) in [4.78, 5) is 56.9. The normalized spacial score (nSPS) is 32.7. The van der Waals surface area contributed by atoms with Gasteiger partial charge in [-0.05, 0) is 124 Å². The van der Waals surface area contributed by atoms with Crippen molar-refractivity contribution < 1.29 is 79.2 Å². The molecular weight excluding hydrogens is 1450 g/mol. The zero-order valence-corrected chi connectivity index (χ0v) is 67.5. The highest BCUT2D eigenvalue weighted by atomic mass is 32.2. The van der Waals surface area contributed by atoms with Crippen LogP contribution in [0.1, 0.15) is 156 Å². The molecule has 8 aliphatic heterocycles. The van der Waals surface area contributed by atoms with E-state index in [2.05, 4.69) is 110 Å². The van der Waals surface area contributed by atoms with Gasteiger partial charge in [0.2, 0.25) is 0 Å². The highest BCUT2D eigenvalue weighted by molar-refractivity contribution is 7.92. The van der Waals surface area contributed by atoms with Crippen molar-refractivity contribution in [1.29, 1.82) is 0 Å². The van der Waals surface area contributed by atoms with Gasteiger partial charge in [0.25, 0.3) is 22.3 Å². The van der Waals surface area contributed by atoms with Crippen LogP contribution in [0.3, 0.4) is 0 Å². The van der Waals surface area contributed by atoms with Crippen molar-refractivity contribution >= 4 is 70.6 Å². The average molecular weight is 1560 g/mol. The van der Waals surface area contributed by atoms with Gasteiger partial charge in [-0.1, -0.05) is 221 Å². The Morgan fingerprint density at radius 1 is 0.536 bits per heavy atom. The van der Waals surface area contributed by atoms with Crippen LogP contribution in [0, 0.1) is 22.0 Å². The molecule has 4 unspecified atom stereocenters. The first-order chi connectivity index (χ1) is 52.6. The lowest BCUT2D eigenvalue weighted by Gasteiger charge is -2.53. The molecule has 0 N–H and O–H groups in total. The van der Waals surface area contributed by atoms with Gasteiger partial charge >= 0.3 is 11.9 Å². The second kappa shape index (κ2) is 32.7. The van der Waals surface area contributed by atoms with E-state index in [9.17, 15) is 14.9 Å². The summed E-state index contributed by atoms with van der Waals surface area (Å²) in [6.45, 7) is 28.6. The fourth-order valence-electron chi connectivity index (χ4n) is 19.1. The molecule has 0 spiro atoms. The number of nitrogens with zero attached hydrogens (tertiary/aromatic N) is 1. The lowest BCUT2D eigenvalue weighted by molar-refractivity contribution is -0.384. The molecule has 0 radical (unpaired) electrons. The van der Waals surface area contributed by atoms with E-state index in [1.807, 2.05) is 86.6 Å². The van der Waals surface area contributed by atoms with E-state index in [-0.39, 0.29) is 60.3 Å². The first-order valence-corrected chi connectivity index (χ1v) is 45.0. The molecule has 22 heteroatoms. The topological polar surface area (TPSA) is 230 Å². The van der Waals surface area contributed by atoms with Crippen LogP contribution < -0.4 is 20.7 Å². The second-order valence-electron chi connectivity index (χ2n) is 33.8. The summed E-state index contributed by atoms with van der Waals surface area (Å²) in [5.41, 5.74) is 1.66. The van der Waals surface area contributed by atoms with Crippen molar-refractivity contribution in [2.24, 2.45) is 11.8 Å². The molecular formula is C88H107NO18SSi2. The Hall–Kier alpha value is -7.17. The number of nitro benzene ring substituents is 1. The molecule has 0 aliphatic carbocycles. The molecule has 8 aliphatic rings. The smallest absolute Gasteiger partial charge is 0.338 e. The SMILES string of the molecule is C=C1C2C[C@@H]3O[C@H]4C[C@@H](OC(=O)c5ccc([N+](=O)[O-])cc5)[C@@H](CCC)O[C@H]4[C@H](C)[C@H]3OC(=O)CC3CC[C@@H]4O[C@@H]5[C@@H](O[C@H](CC(=O)C(S(=O)(=O)c6ccccc6)CC6CC(=C)[C@H](CC[C@@H](C[C@H]1C)O2)O6)[C@@H]5O[Si](c1ccccc1)(c1ccccc1)C(C)(C)C)[C@@H](O[Si](c1ccccc1)(c1ccccc1)C(C)(C)C)[C@H]4O3. The predicted molar refractivity (Wildman–Crippen MR) is 423 cm³/mol. The van der Waals surface area contributed by atoms with Crippen molar-refractivity contribution in [2.75, 3.05) is 0 Å². The van der Waals surface area contributed by atoms with E-state index < -0.39 is 174 Å². The van der Waals surface area contributed by atoms with Gasteiger partial charge in [0, 0.05) is 37.3 Å². The fraction of sp³-hybridized carbons (Fsp3) is 0.511. The number of carbonyl (C=O) groups excluding carboxylic acids is 3. The van der Waals surface area contributed by atoms with Crippen LogP contribution in [-0.2, 0) is 70.9 Å². The summed E-state index contributed by atoms with van der Waals surface area (Å²) in [7, 11) is -11.7. The van der Waals surface area contributed by atoms with Gasteiger partial charge in [-0.15, -0.1) is 0 Å². The fourth-order valence-corrected chi connectivity index (χ4v) is 30.3. The van der Waals surface area contributed by atoms with Gasteiger partial charge in [0.1, 0.15) is 48.0 Å². The van der Waals surface area contributed by atoms with E-state index in [4.69, 9.17) is 51.5 Å². The Labute approximate surface area is 649 Å². The summed E-state index contributed by atoms with van der Waals surface area (Å²) >= 11 is 0. The number of benzene rings is 6. The van der Waals surface area contributed by atoms with Crippen LogP contribution in [0.15, 0.2) is 205 Å². The quantitative estimate of drug-likeness (QED) is 0.0306. The van der Waals surface area contributed by atoms with Gasteiger partial charge in [-0.3, -0.25) is 19.7 Å². The molecule has 110 heavy (non-hydrogen) atoms. The summed E-state index contributed by atoms with van der Waals surface area (Å²) in [5.74, 6) is -2.17. The number of sulfone groups is 1. The van der Waals surface area contributed by atoms with E-state index in [0.29, 0.717) is 51.4 Å². The number of hydrogen-bond acceptors (Lipinski definition) is 18. The maximum atomic E-state index is 16.4. The molecule has 8 saturated heterocycles. The van der Waals surface area contributed by atoms with Crippen molar-refractivity contribution in [3.05, 3.63) is 216 Å². The number of carbonyl (C=O) groups is 3. The molecule has 8 heterocycles. The van der Waals surface area contributed by atoms with Gasteiger partial charge in [-0.25, -0.2) is 13.2 Å². The third kappa shape index (κ3) is 15.8. The molecule has 21 atom stereocenters. The highest BCUT2D eigenvalue weighted by Crippen LogP contribution is 2.50. The summed E-state index contributed by atoms with van der Waals surface area (Å²) in [6.07, 6.45) is -9.69. The molecule has 6 aromatic carbocycles. The first kappa shape index (κ1) is 79.5. The van der Waals surface area contributed by atoms with Crippen molar-refractivity contribution in [3.8, 4) is 0 Å². The standard InChI is InChI=1S/C88H107NO18SSi2/c1-12-28-70-73(104-86(92)58-39-41-59(42-40-58)89(93)94)53-76-79(101-70)57(5)80-75(100-76)52-72-56(4)54(2)47-60(97-72)43-45-69-55(3)48-62(98-69)49-77(108(95,96)63-29-18-13-19-30-63)68(90)51-74-82(106-109(87(6,7)8,64-31-20-14-21-32-64)65-33-22-15-23-34-65)83-84(103-74)85(81-71(102-83)46-44-61(99-81)50-78(91)105-80)107-110(88(9,10)11,66-35-24-16-25-36-66)67-37-26-17-27-38-67/h13-27,29-42,54,57,60-62,69-77,79-85H,3-4,12,28,43-53H2,1-2,5-11H3/t54-,57+,60+,61?,62?,69+,70-,71+,72?,73-,74-,75+,76+,77?,79+,80-,81+,82+,83+,84-,85+/m1/s1. The van der Waals surface area contributed by atoms with Gasteiger partial charge in [0.05, 0.1) is 88.9 Å². The Morgan fingerprint density at radius 2 is 1.06 bits per heavy atom. The van der Waals surface area contributed by atoms with Crippen LogP contribution in [0.2, 0.25) is 10.1 Å². The largest absolute Gasteiger partial charge is 0.459 e. The number of Topliss-reactive ketones (excluding diaryl/α,β-unsaturated/α-hetero) is 1. The number of hydrogen-bond donors (Lipinski definition) is 0. The molecule has 8 bridgehead atoms. The Bertz CT molecular complexity index is 4280. The summed E-state index contributed by atoms with van der Waals surface area (Å²) in [6, 6.07) is 54.7. The minimum Gasteiger partial charge on any atom is -0.459 e. The van der Waals surface area contributed by atoms with Gasteiger partial charge < -0.3 is 51.5 Å². The lowest BCUT2D eigenvalue weighted by Crippen LogP contribution is -2.73. The van der Waals surface area contributed by atoms with Crippen LogP contribution in [0.5, 0.6) is 0 Å². The first-order valence-electron chi connectivity index (χ1n) is 39.6. The lowest BCUT2D eigenvalue weighted by atomic mass is 9.79. The minimum atomic E-state index is -4.43. The maximum Gasteiger partial charge on any atom is 0.338 e. The zero-order chi connectivity index (χ0) is 77.6. The van der Waals surface area contributed by atoms with E-state index in [0.717, 1.165) is 31.9 Å². The Morgan fingerprint density at radius 3 is 1.63 bits per heavy atom. The number of non-ortho nitro benzene ring substituents is 1. The van der Waals surface area contributed by atoms with Crippen LogP contribution in [0.25, 0.3) is 0 Å². The third-order valence-corrected chi connectivity index (χ3v) is 36.8. The van der Waals surface area contributed by atoms with Crippen LogP contribution in [-0.4, -0.2) is 163 Å². The number of rotatable bonds is 15. The highest BCUT2D eigenvalue weighted by Gasteiger charge is 2.66. The minimum absolute atomic E-state index is 0.00600. The number of fused-ring (bicyclic) bond motifs is 8. The van der Waals surface area contributed by atoms with Crippen molar-refractivity contribution in [1.82, 2.24) is 0 Å². The number of nitro groups is 1. The molecule has 586 valence electrons. The predicted octanol–water partition coefficient (Wildman–Crippen LogP) is 13.2. The molecule has 0 amide bonds. The number of ether oxygens (including phenoxy) is 9. The third-order valence-electron chi connectivity index (χ3n) is 24.6. The van der Waals surface area contributed by atoms with E-state index in [1.54, 1.807) is 30.3 Å². The number of ketones is 1. The van der Waals surface area contributed by atoms with Crippen molar-refractivity contribution in [2.45, 2.75) is 276 Å². The van der Waals surface area contributed by atoms with E-state index >= 15 is 18.0 Å². The van der Waals surface area contributed by atoms with Gasteiger partial charge in [0.15, 0.2) is 15.6 Å². The van der Waals surface area contributed by atoms with E-state index in [1.165, 1.54) is 24.3 Å². The maximum absolute atomic E-state index is 16.4. The van der Waals surface area contributed by atoms with Crippen LogP contribution in [0.4, 0.5) is 5.69 Å². The van der Waals surface area contributed by atoms with Crippen molar-refractivity contribution in [3.63, 3.8) is 0 Å². The van der Waals surface area contributed by atoms with Crippen LogP contribution >= 0.6 is 0 Å². The zero-order valence-electron chi connectivity index (χ0n) is 64.7. The molecule has 8 fully saturated rings. The molecule has 0 saturated carbocycles. The summed E-state index contributed by atoms with van der Waals surface area (Å²) in [5, 5.41) is 12.8. The molecule has 19 nitrogen and oxygen atoms in total. The summed E-state index contributed by atoms with van der Waals surface area (Å²) < 4.78 is 113. The number of esters is 2. The van der Waals surface area contributed by atoms with Gasteiger partial charge in [-0.2, -0.15) is 0 Å². The molecule has 14 rings (SSSR count). The Balaban J connectivity index is 0.882. The molecule has 0 aromatic heterocycles. The molecule has 6 aromatic rings. The Kier molecular flexibility index (Phi) is 23.7. The average Bonchev–Trinajstić information content (AvgIpc) is 1.24.